The van der Waals surface area contributed by atoms with E-state index in [9.17, 15) is 23.3 Å². The Balaban J connectivity index is 1.58. The van der Waals surface area contributed by atoms with Crippen molar-refractivity contribution in [2.75, 3.05) is 24.6 Å². The first-order valence-electron chi connectivity index (χ1n) is 10.1. The summed E-state index contributed by atoms with van der Waals surface area (Å²) in [5.74, 6) is -0.993. The van der Waals surface area contributed by atoms with Gasteiger partial charge in [0.25, 0.3) is 0 Å². The van der Waals surface area contributed by atoms with Crippen LogP contribution in [0.5, 0.6) is 0 Å². The number of benzene rings is 1. The molecular weight excluding hydrogens is 432 g/mol. The number of hydrogen-bond donors (Lipinski definition) is 1. The molecule has 9 nitrogen and oxygen atoms in total. The molecule has 3 rings (SSSR count). The van der Waals surface area contributed by atoms with Crippen LogP contribution in [0.15, 0.2) is 36.4 Å². The monoisotopic (exact) mass is 456 g/mol. The number of ether oxygens (including phenoxy) is 1. The minimum absolute atomic E-state index is 0.0479. The average Bonchev–Trinajstić information content (AvgIpc) is 2.70. The number of aryl methyl sites for hydroxylation is 1. The lowest BCUT2D eigenvalue weighted by Crippen LogP contribution is -2.49. The molecule has 0 bridgehead atoms. The second-order valence-corrected chi connectivity index (χ2v) is 9.29. The van der Waals surface area contributed by atoms with Gasteiger partial charge in [0, 0.05) is 25.4 Å². The van der Waals surface area contributed by atoms with Crippen LogP contribution in [0.1, 0.15) is 40.5 Å². The maximum Gasteiger partial charge on any atom is 0.340 e. The summed E-state index contributed by atoms with van der Waals surface area (Å²) in [6.45, 7) is 4.49. The van der Waals surface area contributed by atoms with Crippen molar-refractivity contribution in [1.29, 1.82) is 5.26 Å². The van der Waals surface area contributed by atoms with Gasteiger partial charge in [-0.05, 0) is 25.5 Å². The first-order valence-corrected chi connectivity index (χ1v) is 11.8. The van der Waals surface area contributed by atoms with E-state index in [0.29, 0.717) is 30.2 Å². The average molecular weight is 457 g/mol. The number of nitriles is 1. The third-order valence-corrected chi connectivity index (χ3v) is 6.26. The van der Waals surface area contributed by atoms with Crippen LogP contribution in [-0.4, -0.2) is 45.0 Å². The Kier molecular flexibility index (Phi) is 7.10. The molecule has 2 aromatic rings. The largest absolute Gasteiger partial charge is 0.462 e. The molecule has 168 valence electrons. The van der Waals surface area contributed by atoms with Crippen LogP contribution in [0.2, 0.25) is 0 Å². The maximum atomic E-state index is 12.2. The number of sulfonamides is 1. The first kappa shape index (κ1) is 23.2. The molecule has 1 aromatic carbocycles. The van der Waals surface area contributed by atoms with Gasteiger partial charge in [-0.15, -0.1) is 0 Å². The van der Waals surface area contributed by atoms with E-state index in [4.69, 9.17) is 4.74 Å². The van der Waals surface area contributed by atoms with Crippen LogP contribution < -0.4 is 9.62 Å². The van der Waals surface area contributed by atoms with E-state index in [1.807, 2.05) is 11.0 Å². The fourth-order valence-electron chi connectivity index (χ4n) is 3.51. The van der Waals surface area contributed by atoms with Crippen molar-refractivity contribution in [2.45, 2.75) is 26.0 Å². The number of pyridine rings is 1. The minimum Gasteiger partial charge on any atom is -0.462 e. The van der Waals surface area contributed by atoms with Crippen LogP contribution in [-0.2, 0) is 25.3 Å². The molecule has 1 amide bonds. The number of aromatic nitrogens is 1. The zero-order valence-electron chi connectivity index (χ0n) is 17.9. The van der Waals surface area contributed by atoms with Gasteiger partial charge in [0.05, 0.1) is 29.2 Å². The maximum absolute atomic E-state index is 12.2. The summed E-state index contributed by atoms with van der Waals surface area (Å²) in [6, 6.07) is 12.1. The number of amides is 1. The minimum atomic E-state index is -3.78. The van der Waals surface area contributed by atoms with Gasteiger partial charge in [-0.3, -0.25) is 9.52 Å². The summed E-state index contributed by atoms with van der Waals surface area (Å²) >= 11 is 0. The molecule has 1 fully saturated rings. The normalized spacial score (nSPS) is 13.7. The number of carbonyl (C=O) groups excluding carboxylic acids is 2. The summed E-state index contributed by atoms with van der Waals surface area (Å²) in [4.78, 5) is 30.5. The summed E-state index contributed by atoms with van der Waals surface area (Å²) < 4.78 is 31.5. The number of carbonyl (C=O) groups is 2. The molecule has 0 spiro atoms. The highest BCUT2D eigenvalue weighted by atomic mass is 32.2. The molecule has 0 aliphatic carbocycles. The quantitative estimate of drug-likeness (QED) is 0.596. The van der Waals surface area contributed by atoms with Gasteiger partial charge in [0.1, 0.15) is 11.9 Å². The van der Waals surface area contributed by atoms with Crippen LogP contribution in [0.3, 0.4) is 0 Å². The van der Waals surface area contributed by atoms with E-state index in [1.54, 1.807) is 44.2 Å². The number of anilines is 1. The fraction of sp³-hybridized carbons (Fsp3) is 0.364. The predicted octanol–water partition coefficient (Wildman–Crippen LogP) is 1.91. The van der Waals surface area contributed by atoms with Gasteiger partial charge < -0.3 is 9.64 Å². The van der Waals surface area contributed by atoms with Gasteiger partial charge in [0.2, 0.25) is 15.9 Å². The van der Waals surface area contributed by atoms with Crippen molar-refractivity contribution in [1.82, 2.24) is 9.71 Å². The zero-order chi connectivity index (χ0) is 23.3. The number of nitrogens with zero attached hydrogens (tertiary/aromatic N) is 3. The lowest BCUT2D eigenvalue weighted by Gasteiger charge is -2.40. The van der Waals surface area contributed by atoms with Gasteiger partial charge in [-0.1, -0.05) is 30.3 Å². The van der Waals surface area contributed by atoms with Crippen LogP contribution in [0.25, 0.3) is 0 Å². The van der Waals surface area contributed by atoms with Crippen molar-refractivity contribution in [3.63, 3.8) is 0 Å². The Morgan fingerprint density at radius 1 is 1.28 bits per heavy atom. The van der Waals surface area contributed by atoms with E-state index in [2.05, 4.69) is 9.71 Å². The summed E-state index contributed by atoms with van der Waals surface area (Å²) in [5, 5.41) is 9.47. The molecule has 1 aromatic heterocycles. The van der Waals surface area contributed by atoms with Crippen molar-refractivity contribution in [3.8, 4) is 6.07 Å². The molecule has 10 heteroatoms. The Morgan fingerprint density at radius 3 is 2.59 bits per heavy atom. The SMILES string of the molecule is CCOC(=O)c1cc(C#N)c(N2CC(CC(=O)NS(=O)(=O)Cc3ccccc3)C2)nc1C. The lowest BCUT2D eigenvalue weighted by atomic mass is 9.95. The summed E-state index contributed by atoms with van der Waals surface area (Å²) in [6.07, 6.45) is 0.0479. The molecule has 2 heterocycles. The van der Waals surface area contributed by atoms with E-state index >= 15 is 0 Å². The Morgan fingerprint density at radius 2 is 1.97 bits per heavy atom. The smallest absolute Gasteiger partial charge is 0.340 e. The number of nitrogens with one attached hydrogen (secondary N) is 1. The molecular formula is C22H24N4O5S. The molecule has 1 aliphatic rings. The predicted molar refractivity (Wildman–Crippen MR) is 117 cm³/mol. The molecule has 1 saturated heterocycles. The second-order valence-electron chi connectivity index (χ2n) is 7.57. The van der Waals surface area contributed by atoms with Crippen molar-refractivity contribution in [2.24, 2.45) is 5.92 Å². The Bertz CT molecular complexity index is 1150. The Hall–Kier alpha value is -3.45. The highest BCUT2D eigenvalue weighted by molar-refractivity contribution is 7.89. The first-order chi connectivity index (χ1) is 15.2. The number of hydrogen-bond acceptors (Lipinski definition) is 8. The van der Waals surface area contributed by atoms with E-state index in [1.165, 1.54) is 6.07 Å². The van der Waals surface area contributed by atoms with Gasteiger partial charge in [0.15, 0.2) is 0 Å². The van der Waals surface area contributed by atoms with E-state index in [0.717, 1.165) is 0 Å². The fourth-order valence-corrected chi connectivity index (χ4v) is 4.64. The van der Waals surface area contributed by atoms with Gasteiger partial charge >= 0.3 is 5.97 Å². The molecule has 1 N–H and O–H groups in total. The standard InChI is InChI=1S/C22H24N4O5S/c1-3-31-22(28)19-10-18(11-23)21(24-15(19)2)26-12-17(13-26)9-20(27)25-32(29,30)14-16-7-5-4-6-8-16/h4-8,10,17H,3,9,12-14H2,1-2H3,(H,25,27). The van der Waals surface area contributed by atoms with Crippen LogP contribution in [0.4, 0.5) is 5.82 Å². The van der Waals surface area contributed by atoms with Crippen LogP contribution >= 0.6 is 0 Å². The van der Waals surface area contributed by atoms with Crippen molar-refractivity contribution >= 4 is 27.7 Å². The molecule has 0 atom stereocenters. The topological polar surface area (TPSA) is 129 Å². The van der Waals surface area contributed by atoms with E-state index in [-0.39, 0.29) is 35.8 Å². The number of rotatable bonds is 8. The van der Waals surface area contributed by atoms with E-state index < -0.39 is 21.9 Å². The van der Waals surface area contributed by atoms with Crippen LogP contribution in [0, 0.1) is 24.2 Å². The molecule has 0 radical (unpaired) electrons. The highest BCUT2D eigenvalue weighted by Gasteiger charge is 2.32. The van der Waals surface area contributed by atoms with Crippen molar-refractivity contribution < 1.29 is 22.7 Å². The molecule has 0 saturated carbocycles. The third-order valence-electron chi connectivity index (χ3n) is 5.01. The van der Waals surface area contributed by atoms with Gasteiger partial charge in [-0.2, -0.15) is 5.26 Å². The molecule has 1 aliphatic heterocycles. The summed E-state index contributed by atoms with van der Waals surface area (Å²) in [7, 11) is -3.78. The second kappa shape index (κ2) is 9.78. The van der Waals surface area contributed by atoms with Crippen molar-refractivity contribution in [3.05, 3.63) is 58.8 Å². The van der Waals surface area contributed by atoms with Gasteiger partial charge in [-0.25, -0.2) is 18.2 Å². The third kappa shape index (κ3) is 5.62. The summed E-state index contributed by atoms with van der Waals surface area (Å²) in [5.41, 5.74) is 1.53. The lowest BCUT2D eigenvalue weighted by molar-refractivity contribution is -0.120. The number of esters is 1. The zero-order valence-corrected chi connectivity index (χ0v) is 18.7. The molecule has 0 unspecified atom stereocenters. The Labute approximate surface area is 187 Å². The highest BCUT2D eigenvalue weighted by Crippen LogP contribution is 2.29. The molecule has 32 heavy (non-hydrogen) atoms.